The number of amides is 1. The van der Waals surface area contributed by atoms with Gasteiger partial charge in [0.05, 0.1) is 12.5 Å². The molecule has 0 aromatic carbocycles. The van der Waals surface area contributed by atoms with Crippen LogP contribution in [0, 0.1) is 5.92 Å². The molecule has 5 nitrogen and oxygen atoms in total. The number of alkyl halides is 3. The smallest absolute Gasteiger partial charge is 0.422 e. The van der Waals surface area contributed by atoms with Gasteiger partial charge in [-0.15, -0.1) is 0 Å². The van der Waals surface area contributed by atoms with Gasteiger partial charge in [0.1, 0.15) is 0 Å². The van der Waals surface area contributed by atoms with Gasteiger partial charge in [-0.2, -0.15) is 13.2 Å². The second-order valence-corrected chi connectivity index (χ2v) is 4.21. The normalized spacial score (nSPS) is 20.0. The second kappa shape index (κ2) is 6.63. The summed E-state index contributed by atoms with van der Waals surface area (Å²) in [6, 6.07) is 0. The van der Waals surface area contributed by atoms with E-state index in [1.54, 1.807) is 6.92 Å². The zero-order valence-corrected chi connectivity index (χ0v) is 10.5. The highest BCUT2D eigenvalue weighted by atomic mass is 19.4. The average molecular weight is 283 g/mol. The van der Waals surface area contributed by atoms with Gasteiger partial charge in [0, 0.05) is 13.1 Å². The topological polar surface area (TPSA) is 55.8 Å². The molecular formula is C11H16F3NO4. The molecular weight excluding hydrogens is 267 g/mol. The van der Waals surface area contributed by atoms with Crippen LogP contribution in [0.4, 0.5) is 18.0 Å². The van der Waals surface area contributed by atoms with Crippen LogP contribution in [0.15, 0.2) is 0 Å². The highest BCUT2D eigenvalue weighted by Crippen LogP contribution is 2.20. The summed E-state index contributed by atoms with van der Waals surface area (Å²) in [7, 11) is 0. The van der Waals surface area contributed by atoms with Crippen LogP contribution in [0.5, 0.6) is 0 Å². The number of piperidine rings is 1. The number of rotatable bonds is 3. The minimum atomic E-state index is -4.55. The van der Waals surface area contributed by atoms with Crippen molar-refractivity contribution >= 4 is 12.1 Å². The molecule has 0 spiro atoms. The Labute approximate surface area is 108 Å². The summed E-state index contributed by atoms with van der Waals surface area (Å²) < 4.78 is 44.7. The van der Waals surface area contributed by atoms with Gasteiger partial charge in [0.2, 0.25) is 0 Å². The molecule has 0 aromatic rings. The number of halogens is 3. The Morgan fingerprint density at radius 1 is 1.32 bits per heavy atom. The first kappa shape index (κ1) is 15.6. The quantitative estimate of drug-likeness (QED) is 0.743. The molecule has 0 aromatic heterocycles. The second-order valence-electron chi connectivity index (χ2n) is 4.21. The van der Waals surface area contributed by atoms with E-state index in [0.717, 1.165) is 4.90 Å². The molecule has 1 aliphatic rings. The van der Waals surface area contributed by atoms with Crippen LogP contribution in [-0.2, 0) is 14.3 Å². The first-order valence-corrected chi connectivity index (χ1v) is 5.98. The maximum absolute atomic E-state index is 11.9. The summed E-state index contributed by atoms with van der Waals surface area (Å²) in [6.45, 7) is 0.596. The van der Waals surface area contributed by atoms with Crippen molar-refractivity contribution < 1.29 is 32.2 Å². The molecule has 1 fully saturated rings. The molecule has 8 heteroatoms. The van der Waals surface area contributed by atoms with E-state index in [0.29, 0.717) is 12.8 Å². The molecule has 0 radical (unpaired) electrons. The number of carbonyl (C=O) groups is 2. The van der Waals surface area contributed by atoms with Gasteiger partial charge < -0.3 is 14.4 Å². The van der Waals surface area contributed by atoms with Gasteiger partial charge in [-0.3, -0.25) is 4.79 Å². The number of carbonyl (C=O) groups excluding carboxylic acids is 2. The number of ether oxygens (including phenoxy) is 2. The predicted octanol–water partition coefficient (Wildman–Crippen LogP) is 1.96. The number of likely N-dealkylation sites (tertiary alicyclic amines) is 1. The van der Waals surface area contributed by atoms with Crippen molar-refractivity contribution in [2.45, 2.75) is 25.9 Å². The average Bonchev–Trinajstić information content (AvgIpc) is 2.35. The molecule has 110 valence electrons. The van der Waals surface area contributed by atoms with Crippen LogP contribution in [0.1, 0.15) is 19.8 Å². The molecule has 19 heavy (non-hydrogen) atoms. The molecule has 1 atom stereocenters. The van der Waals surface area contributed by atoms with E-state index in [1.165, 1.54) is 0 Å². The fourth-order valence-electron chi connectivity index (χ4n) is 1.83. The zero-order valence-electron chi connectivity index (χ0n) is 10.5. The number of nitrogens with zero attached hydrogens (tertiary/aromatic N) is 1. The fourth-order valence-corrected chi connectivity index (χ4v) is 1.83. The third kappa shape index (κ3) is 5.35. The summed E-state index contributed by atoms with van der Waals surface area (Å²) in [5.41, 5.74) is 0. The summed E-state index contributed by atoms with van der Waals surface area (Å²) in [5.74, 6) is -0.928. The van der Waals surface area contributed by atoms with Gasteiger partial charge in [0.25, 0.3) is 0 Å². The highest BCUT2D eigenvalue weighted by molar-refractivity contribution is 5.74. The minimum Gasteiger partial charge on any atom is -0.466 e. The van der Waals surface area contributed by atoms with Crippen LogP contribution in [-0.4, -0.2) is 49.4 Å². The predicted molar refractivity (Wildman–Crippen MR) is 58.3 cm³/mol. The first-order chi connectivity index (χ1) is 8.83. The van der Waals surface area contributed by atoms with Crippen molar-refractivity contribution in [1.82, 2.24) is 4.90 Å². The Bertz CT molecular complexity index is 332. The van der Waals surface area contributed by atoms with Gasteiger partial charge in [-0.05, 0) is 19.8 Å². The summed E-state index contributed by atoms with van der Waals surface area (Å²) in [6.07, 6.45) is -4.51. The minimum absolute atomic E-state index is 0.0372. The van der Waals surface area contributed by atoms with Crippen molar-refractivity contribution in [2.24, 2.45) is 5.92 Å². The van der Waals surface area contributed by atoms with Crippen LogP contribution >= 0.6 is 0 Å². The van der Waals surface area contributed by atoms with Crippen molar-refractivity contribution in [2.75, 3.05) is 26.3 Å². The van der Waals surface area contributed by atoms with Crippen molar-refractivity contribution in [3.63, 3.8) is 0 Å². The Hall–Kier alpha value is -1.47. The van der Waals surface area contributed by atoms with E-state index in [9.17, 15) is 22.8 Å². The third-order valence-electron chi connectivity index (χ3n) is 2.66. The van der Waals surface area contributed by atoms with Gasteiger partial charge >= 0.3 is 18.2 Å². The monoisotopic (exact) mass is 283 g/mol. The first-order valence-electron chi connectivity index (χ1n) is 5.98. The van der Waals surface area contributed by atoms with Crippen LogP contribution in [0.25, 0.3) is 0 Å². The SMILES string of the molecule is CCOC(=O)C1CCCN(C(=O)OCC(F)(F)F)C1. The number of hydrogen-bond donors (Lipinski definition) is 0. The molecule has 0 aliphatic carbocycles. The van der Waals surface area contributed by atoms with E-state index < -0.39 is 30.8 Å². The molecule has 0 bridgehead atoms. The lowest BCUT2D eigenvalue weighted by Gasteiger charge is -2.30. The fraction of sp³-hybridized carbons (Fsp3) is 0.818. The number of esters is 1. The lowest BCUT2D eigenvalue weighted by atomic mass is 9.99. The third-order valence-corrected chi connectivity index (χ3v) is 2.66. The van der Waals surface area contributed by atoms with E-state index in [4.69, 9.17) is 4.74 Å². The maximum Gasteiger partial charge on any atom is 0.422 e. The number of hydrogen-bond acceptors (Lipinski definition) is 4. The van der Waals surface area contributed by atoms with E-state index in [2.05, 4.69) is 4.74 Å². The van der Waals surface area contributed by atoms with Crippen LogP contribution in [0.3, 0.4) is 0 Å². The van der Waals surface area contributed by atoms with E-state index in [1.807, 2.05) is 0 Å². The van der Waals surface area contributed by atoms with E-state index >= 15 is 0 Å². The molecule has 1 amide bonds. The Morgan fingerprint density at radius 2 is 2.00 bits per heavy atom. The standard InChI is InChI=1S/C11H16F3NO4/c1-2-18-9(16)8-4-3-5-15(6-8)10(17)19-7-11(12,13)14/h8H,2-7H2,1H3. The zero-order chi connectivity index (χ0) is 14.5. The lowest BCUT2D eigenvalue weighted by Crippen LogP contribution is -2.43. The van der Waals surface area contributed by atoms with Gasteiger partial charge in [-0.1, -0.05) is 0 Å². The molecule has 0 saturated carbocycles. The largest absolute Gasteiger partial charge is 0.466 e. The Balaban J connectivity index is 2.45. The highest BCUT2D eigenvalue weighted by Gasteiger charge is 2.33. The Kier molecular flexibility index (Phi) is 5.44. The van der Waals surface area contributed by atoms with Crippen LogP contribution < -0.4 is 0 Å². The van der Waals surface area contributed by atoms with Crippen molar-refractivity contribution in [1.29, 1.82) is 0 Å². The molecule has 1 heterocycles. The molecule has 1 unspecified atom stereocenters. The van der Waals surface area contributed by atoms with Gasteiger partial charge in [-0.25, -0.2) is 4.79 Å². The summed E-state index contributed by atoms with van der Waals surface area (Å²) >= 11 is 0. The van der Waals surface area contributed by atoms with E-state index in [-0.39, 0.29) is 19.7 Å². The maximum atomic E-state index is 11.9. The van der Waals surface area contributed by atoms with Crippen LogP contribution in [0.2, 0.25) is 0 Å². The summed E-state index contributed by atoms with van der Waals surface area (Å²) in [5, 5.41) is 0. The molecule has 0 N–H and O–H groups in total. The summed E-state index contributed by atoms with van der Waals surface area (Å²) in [4.78, 5) is 24.0. The molecule has 1 aliphatic heterocycles. The van der Waals surface area contributed by atoms with Gasteiger partial charge in [0.15, 0.2) is 6.61 Å². The Morgan fingerprint density at radius 3 is 2.58 bits per heavy atom. The lowest BCUT2D eigenvalue weighted by molar-refractivity contribution is -0.163. The molecule has 1 rings (SSSR count). The van der Waals surface area contributed by atoms with Crippen molar-refractivity contribution in [3.8, 4) is 0 Å². The molecule has 1 saturated heterocycles. The van der Waals surface area contributed by atoms with Crippen molar-refractivity contribution in [3.05, 3.63) is 0 Å².